The first-order valence-corrected chi connectivity index (χ1v) is 6.30. The molecule has 0 amide bonds. The van der Waals surface area contributed by atoms with Crippen LogP contribution in [0.4, 0.5) is 0 Å². The van der Waals surface area contributed by atoms with Crippen LogP contribution >= 0.6 is 0 Å². The van der Waals surface area contributed by atoms with Crippen molar-refractivity contribution in [2.45, 2.75) is 46.1 Å². The van der Waals surface area contributed by atoms with Gasteiger partial charge in [-0.1, -0.05) is 18.6 Å². The molecular formula is C13H28NO2+. The summed E-state index contributed by atoms with van der Waals surface area (Å²) < 4.78 is 0. The lowest BCUT2D eigenvalue weighted by Crippen LogP contribution is -2.86. The van der Waals surface area contributed by atoms with Crippen LogP contribution in [-0.2, 0) is 0 Å². The molecule has 0 aliphatic heterocycles. The van der Waals surface area contributed by atoms with Crippen molar-refractivity contribution in [1.82, 2.24) is 0 Å². The first-order chi connectivity index (χ1) is 7.56. The Morgan fingerprint density at radius 1 is 1.31 bits per heavy atom. The zero-order valence-corrected chi connectivity index (χ0v) is 10.9. The van der Waals surface area contributed by atoms with Gasteiger partial charge in [-0.25, -0.2) is 0 Å². The van der Waals surface area contributed by atoms with E-state index < -0.39 is 6.10 Å². The molecule has 3 nitrogen and oxygen atoms in total. The Bertz CT molecular complexity index is 188. The molecule has 0 bridgehead atoms. The molecule has 0 heterocycles. The van der Waals surface area contributed by atoms with Gasteiger partial charge >= 0.3 is 0 Å². The zero-order valence-electron chi connectivity index (χ0n) is 10.9. The molecule has 0 aliphatic rings. The molecule has 0 unspecified atom stereocenters. The molecule has 0 aromatic rings. The maximum atomic E-state index is 9.14. The van der Waals surface area contributed by atoms with Crippen molar-refractivity contribution in [2.24, 2.45) is 5.92 Å². The van der Waals surface area contributed by atoms with Crippen LogP contribution in [0, 0.1) is 5.92 Å². The van der Waals surface area contributed by atoms with Crippen LogP contribution in [0.5, 0.6) is 0 Å². The predicted molar refractivity (Wildman–Crippen MR) is 67.2 cm³/mol. The third-order valence-corrected chi connectivity index (χ3v) is 2.73. The summed E-state index contributed by atoms with van der Waals surface area (Å²) in [7, 11) is 0. The summed E-state index contributed by atoms with van der Waals surface area (Å²) in [5.74, 6) is 0.734. The van der Waals surface area contributed by atoms with E-state index in [1.165, 1.54) is 24.8 Å². The summed E-state index contributed by atoms with van der Waals surface area (Å²) in [6, 6.07) is 0. The van der Waals surface area contributed by atoms with Gasteiger partial charge < -0.3 is 15.5 Å². The lowest BCUT2D eigenvalue weighted by Gasteiger charge is -2.10. The Kier molecular flexibility index (Phi) is 9.59. The number of aliphatic hydroxyl groups excluding tert-OH is 2. The molecule has 0 rings (SSSR count). The van der Waals surface area contributed by atoms with Crippen LogP contribution in [0.25, 0.3) is 0 Å². The fourth-order valence-electron chi connectivity index (χ4n) is 1.59. The van der Waals surface area contributed by atoms with Gasteiger partial charge in [0.25, 0.3) is 0 Å². The second kappa shape index (κ2) is 9.82. The maximum Gasteiger partial charge on any atom is 0.126 e. The van der Waals surface area contributed by atoms with E-state index in [2.05, 4.69) is 32.2 Å². The molecule has 0 aromatic heterocycles. The van der Waals surface area contributed by atoms with Gasteiger partial charge in [-0.05, 0) is 39.0 Å². The lowest BCUT2D eigenvalue weighted by atomic mass is 10.0. The number of rotatable bonds is 9. The van der Waals surface area contributed by atoms with Crippen LogP contribution in [0.3, 0.4) is 0 Å². The maximum absolute atomic E-state index is 9.14. The molecule has 2 atom stereocenters. The molecule has 0 radical (unpaired) electrons. The van der Waals surface area contributed by atoms with E-state index in [-0.39, 0.29) is 6.61 Å². The van der Waals surface area contributed by atoms with E-state index in [1.54, 1.807) is 0 Å². The van der Waals surface area contributed by atoms with Crippen LogP contribution in [0.15, 0.2) is 11.6 Å². The van der Waals surface area contributed by atoms with E-state index in [0.717, 1.165) is 12.5 Å². The quantitative estimate of drug-likeness (QED) is 0.403. The third-order valence-electron chi connectivity index (χ3n) is 2.73. The SMILES string of the molecule is CC(C)=CCC[C@H](C)CC[NH2+]C[C@H](O)CO. The second-order valence-corrected chi connectivity index (χ2v) is 4.90. The molecule has 0 fully saturated rings. The molecule has 4 N–H and O–H groups in total. The molecule has 0 spiro atoms. The number of allylic oxidation sites excluding steroid dienone is 2. The van der Waals surface area contributed by atoms with Crippen LogP contribution in [0.1, 0.15) is 40.0 Å². The predicted octanol–water partition coefficient (Wildman–Crippen LogP) is 0.676. The highest BCUT2D eigenvalue weighted by Gasteiger charge is 2.05. The monoisotopic (exact) mass is 230 g/mol. The Labute approximate surface area is 99.6 Å². The summed E-state index contributed by atoms with van der Waals surface area (Å²) >= 11 is 0. The van der Waals surface area contributed by atoms with Gasteiger partial charge in [0.15, 0.2) is 0 Å². The first-order valence-electron chi connectivity index (χ1n) is 6.30. The zero-order chi connectivity index (χ0) is 12.4. The minimum atomic E-state index is -0.569. The molecule has 0 aliphatic carbocycles. The van der Waals surface area contributed by atoms with Crippen molar-refractivity contribution in [3.05, 3.63) is 11.6 Å². The summed E-state index contributed by atoms with van der Waals surface area (Å²) in [4.78, 5) is 0. The molecule has 96 valence electrons. The average molecular weight is 230 g/mol. The van der Waals surface area contributed by atoms with Crippen molar-refractivity contribution in [3.63, 3.8) is 0 Å². The largest absolute Gasteiger partial charge is 0.393 e. The Morgan fingerprint density at radius 2 is 2.00 bits per heavy atom. The normalized spacial score (nSPS) is 14.6. The fourth-order valence-corrected chi connectivity index (χ4v) is 1.59. The van der Waals surface area contributed by atoms with Gasteiger partial charge in [0.1, 0.15) is 12.6 Å². The van der Waals surface area contributed by atoms with Gasteiger partial charge in [0.05, 0.1) is 13.2 Å². The summed E-state index contributed by atoms with van der Waals surface area (Å²) in [5, 5.41) is 19.9. The standard InChI is InChI=1S/C13H27NO2/c1-11(2)5-4-6-12(3)7-8-14-9-13(16)10-15/h5,12-16H,4,6-10H2,1-3H3/p+1/t12-,13-/m0/s1. The summed E-state index contributed by atoms with van der Waals surface area (Å²) in [6.45, 7) is 8.05. The van der Waals surface area contributed by atoms with E-state index in [9.17, 15) is 0 Å². The Morgan fingerprint density at radius 3 is 2.56 bits per heavy atom. The molecule has 0 aromatic carbocycles. The second-order valence-electron chi connectivity index (χ2n) is 4.90. The number of hydrogen-bond donors (Lipinski definition) is 3. The topological polar surface area (TPSA) is 57.1 Å². The van der Waals surface area contributed by atoms with E-state index in [0.29, 0.717) is 6.54 Å². The highest BCUT2D eigenvalue weighted by atomic mass is 16.3. The Balaban J connectivity index is 3.37. The summed E-state index contributed by atoms with van der Waals surface area (Å²) in [6.07, 6.45) is 5.30. The number of hydrogen-bond acceptors (Lipinski definition) is 2. The molecule has 3 heteroatoms. The number of aliphatic hydroxyl groups is 2. The van der Waals surface area contributed by atoms with Gasteiger partial charge in [-0.2, -0.15) is 0 Å². The van der Waals surface area contributed by atoms with Crippen molar-refractivity contribution in [3.8, 4) is 0 Å². The molecule has 0 saturated heterocycles. The minimum absolute atomic E-state index is 0.132. The van der Waals surface area contributed by atoms with Gasteiger partial charge in [-0.15, -0.1) is 0 Å². The van der Waals surface area contributed by atoms with Crippen LogP contribution in [0.2, 0.25) is 0 Å². The fraction of sp³-hybridized carbons (Fsp3) is 0.846. The van der Waals surface area contributed by atoms with E-state index in [1.807, 2.05) is 0 Å². The molecule has 16 heavy (non-hydrogen) atoms. The van der Waals surface area contributed by atoms with Gasteiger partial charge in [-0.3, -0.25) is 0 Å². The van der Waals surface area contributed by atoms with E-state index in [4.69, 9.17) is 10.2 Å². The van der Waals surface area contributed by atoms with Crippen molar-refractivity contribution in [2.75, 3.05) is 19.7 Å². The lowest BCUT2D eigenvalue weighted by molar-refractivity contribution is -0.662. The van der Waals surface area contributed by atoms with Gasteiger partial charge in [0, 0.05) is 0 Å². The first kappa shape index (κ1) is 15.6. The van der Waals surface area contributed by atoms with Crippen LogP contribution < -0.4 is 5.32 Å². The number of nitrogens with two attached hydrogens (primary N) is 1. The molecular weight excluding hydrogens is 202 g/mol. The van der Waals surface area contributed by atoms with E-state index >= 15 is 0 Å². The van der Waals surface area contributed by atoms with Crippen molar-refractivity contribution >= 4 is 0 Å². The average Bonchev–Trinajstić information content (AvgIpc) is 2.23. The highest BCUT2D eigenvalue weighted by molar-refractivity contribution is 4.92. The summed E-state index contributed by atoms with van der Waals surface area (Å²) in [5.41, 5.74) is 1.39. The smallest absolute Gasteiger partial charge is 0.126 e. The number of quaternary nitrogens is 1. The van der Waals surface area contributed by atoms with Crippen molar-refractivity contribution in [1.29, 1.82) is 0 Å². The third kappa shape index (κ3) is 10.1. The van der Waals surface area contributed by atoms with Crippen LogP contribution in [-0.4, -0.2) is 36.0 Å². The molecule has 0 saturated carbocycles. The highest BCUT2D eigenvalue weighted by Crippen LogP contribution is 2.10. The Hall–Kier alpha value is -0.380. The van der Waals surface area contributed by atoms with Crippen molar-refractivity contribution < 1.29 is 15.5 Å². The van der Waals surface area contributed by atoms with Gasteiger partial charge in [0.2, 0.25) is 0 Å². The minimum Gasteiger partial charge on any atom is -0.393 e.